The Labute approximate surface area is 276 Å². The van der Waals surface area contributed by atoms with Gasteiger partial charge >= 0.3 is 31.7 Å². The molecular formula is C31H29O17P. The van der Waals surface area contributed by atoms with Gasteiger partial charge in [-0.05, 0) is 35.2 Å². The summed E-state index contributed by atoms with van der Waals surface area (Å²) < 4.78 is 61.6. The summed E-state index contributed by atoms with van der Waals surface area (Å²) >= 11 is 0. The molecule has 3 aliphatic heterocycles. The summed E-state index contributed by atoms with van der Waals surface area (Å²) in [5.41, 5.74) is 0.799. The number of carbonyl (C=O) groups excluding carboxylic acids is 4. The number of hydrogen-bond acceptors (Lipinski definition) is 15. The van der Waals surface area contributed by atoms with Crippen LogP contribution in [0.15, 0.2) is 30.3 Å². The minimum atomic E-state index is -5.15. The van der Waals surface area contributed by atoms with Gasteiger partial charge in [0.2, 0.25) is 19.2 Å². The molecule has 3 heterocycles. The van der Waals surface area contributed by atoms with E-state index in [1.807, 2.05) is 0 Å². The highest BCUT2D eigenvalue weighted by atomic mass is 31.2. The Bertz CT molecular complexity index is 1920. The average molecular weight is 705 g/mol. The van der Waals surface area contributed by atoms with Crippen molar-refractivity contribution in [3.05, 3.63) is 47.0 Å². The van der Waals surface area contributed by atoms with Crippen LogP contribution in [0.2, 0.25) is 0 Å². The molecule has 18 heteroatoms. The van der Waals surface area contributed by atoms with Crippen LogP contribution in [-0.4, -0.2) is 76.8 Å². The molecule has 0 saturated carbocycles. The van der Waals surface area contributed by atoms with Crippen LogP contribution < -0.4 is 18.7 Å². The maximum Gasteiger partial charge on any atom is 0.524 e. The van der Waals surface area contributed by atoms with Crippen molar-refractivity contribution in [2.24, 2.45) is 0 Å². The number of esters is 4. The van der Waals surface area contributed by atoms with E-state index in [9.17, 15) is 38.6 Å². The Kier molecular flexibility index (Phi) is 9.13. The van der Waals surface area contributed by atoms with Gasteiger partial charge in [0.15, 0.2) is 23.7 Å². The summed E-state index contributed by atoms with van der Waals surface area (Å²) in [6, 6.07) is 7.42. The number of phosphoric acid groups is 1. The summed E-state index contributed by atoms with van der Waals surface area (Å²) in [7, 11) is -5.15. The Morgan fingerprint density at radius 3 is 2.24 bits per heavy atom. The smallest absolute Gasteiger partial charge is 0.460 e. The van der Waals surface area contributed by atoms with Crippen molar-refractivity contribution in [2.45, 2.75) is 58.6 Å². The molecule has 49 heavy (non-hydrogen) atoms. The zero-order valence-corrected chi connectivity index (χ0v) is 26.9. The minimum Gasteiger partial charge on any atom is -0.460 e. The minimum absolute atomic E-state index is 0.00872. The van der Waals surface area contributed by atoms with Crippen molar-refractivity contribution in [2.75, 3.05) is 13.4 Å². The lowest BCUT2D eigenvalue weighted by Crippen LogP contribution is -2.59. The molecule has 0 spiro atoms. The van der Waals surface area contributed by atoms with Crippen molar-refractivity contribution < 1.29 is 81.1 Å². The van der Waals surface area contributed by atoms with Gasteiger partial charge < -0.3 is 47.5 Å². The van der Waals surface area contributed by atoms with Crippen LogP contribution in [-0.2, 0) is 55.8 Å². The molecule has 0 aliphatic carbocycles. The van der Waals surface area contributed by atoms with E-state index in [2.05, 4.69) is 0 Å². The number of fused-ring (bicyclic) bond motifs is 3. The maximum atomic E-state index is 13.4. The maximum absolute atomic E-state index is 13.4. The highest BCUT2D eigenvalue weighted by molar-refractivity contribution is 7.46. The van der Waals surface area contributed by atoms with E-state index in [-0.39, 0.29) is 58.8 Å². The van der Waals surface area contributed by atoms with Crippen molar-refractivity contribution >= 4 is 42.5 Å². The van der Waals surface area contributed by atoms with Crippen molar-refractivity contribution in [3.63, 3.8) is 0 Å². The Morgan fingerprint density at radius 1 is 0.878 bits per heavy atom. The van der Waals surface area contributed by atoms with E-state index in [1.54, 1.807) is 18.2 Å². The molecule has 260 valence electrons. The molecule has 0 amide bonds. The first kappa shape index (κ1) is 34.0. The number of aliphatic hydroxyl groups excluding tert-OH is 1. The van der Waals surface area contributed by atoms with Crippen molar-refractivity contribution in [1.29, 1.82) is 0 Å². The molecule has 17 nitrogen and oxygen atoms in total. The molecule has 4 unspecified atom stereocenters. The van der Waals surface area contributed by atoms with Crippen molar-refractivity contribution in [3.8, 4) is 34.1 Å². The van der Waals surface area contributed by atoms with E-state index in [4.69, 9.17) is 42.4 Å². The Morgan fingerprint density at radius 2 is 1.57 bits per heavy atom. The number of aliphatic hydroxyl groups is 1. The zero-order valence-electron chi connectivity index (χ0n) is 26.0. The molecule has 3 aromatic carbocycles. The third-order valence-electron chi connectivity index (χ3n) is 7.68. The second-order valence-corrected chi connectivity index (χ2v) is 12.2. The van der Waals surface area contributed by atoms with Crippen LogP contribution >= 0.6 is 7.82 Å². The predicted octanol–water partition coefficient (Wildman–Crippen LogP) is 2.40. The lowest BCUT2D eigenvalue weighted by atomic mass is 9.88. The number of benzene rings is 3. The summed E-state index contributed by atoms with van der Waals surface area (Å²) in [5, 5.41) is 10.6. The van der Waals surface area contributed by atoms with Crippen molar-refractivity contribution in [1.82, 2.24) is 0 Å². The first-order valence-corrected chi connectivity index (χ1v) is 16.2. The number of phosphoric ester groups is 1. The van der Waals surface area contributed by atoms with E-state index in [0.29, 0.717) is 17.1 Å². The van der Waals surface area contributed by atoms with Gasteiger partial charge in [-0.3, -0.25) is 24.2 Å². The second-order valence-electron chi connectivity index (χ2n) is 11.1. The fourth-order valence-electron chi connectivity index (χ4n) is 5.90. The van der Waals surface area contributed by atoms with E-state index >= 15 is 0 Å². The third kappa shape index (κ3) is 6.84. The first-order chi connectivity index (χ1) is 23.2. The quantitative estimate of drug-likeness (QED) is 0.165. The van der Waals surface area contributed by atoms with E-state index < -0.39 is 68.7 Å². The monoisotopic (exact) mass is 704 g/mol. The number of hydrogen-bond donors (Lipinski definition) is 3. The normalized spacial score (nSPS) is 21.1. The van der Waals surface area contributed by atoms with Crippen LogP contribution in [0, 0.1) is 0 Å². The number of rotatable bonds is 9. The molecule has 3 aliphatic rings. The fourth-order valence-corrected chi connectivity index (χ4v) is 6.33. The van der Waals surface area contributed by atoms with Gasteiger partial charge in [-0.25, -0.2) is 9.36 Å². The topological polar surface area (TPSA) is 229 Å². The van der Waals surface area contributed by atoms with Crippen LogP contribution in [0.4, 0.5) is 0 Å². The number of ether oxygens (including phenoxy) is 8. The van der Waals surface area contributed by atoms with Gasteiger partial charge in [0.05, 0.1) is 18.8 Å². The van der Waals surface area contributed by atoms with Gasteiger partial charge in [0, 0.05) is 42.8 Å². The van der Waals surface area contributed by atoms with Gasteiger partial charge in [-0.15, -0.1) is 0 Å². The molecule has 0 aromatic heterocycles. The molecule has 3 aromatic rings. The predicted molar refractivity (Wildman–Crippen MR) is 160 cm³/mol. The fraction of sp³-hybridized carbons (Fsp3) is 0.355. The molecule has 0 radical (unpaired) electrons. The van der Waals surface area contributed by atoms with Crippen LogP contribution in [0.25, 0.3) is 21.9 Å². The van der Waals surface area contributed by atoms with E-state index in [1.165, 1.54) is 12.1 Å². The first-order valence-electron chi connectivity index (χ1n) is 14.6. The summed E-state index contributed by atoms with van der Waals surface area (Å²) in [6.07, 6.45) is -5.63. The Hall–Kier alpha value is -4.93. The number of cyclic esters (lactones) is 1. The lowest BCUT2D eigenvalue weighted by molar-refractivity contribution is -0.259. The van der Waals surface area contributed by atoms with Gasteiger partial charge in [-0.2, -0.15) is 0 Å². The van der Waals surface area contributed by atoms with Crippen LogP contribution in [0.5, 0.6) is 23.0 Å². The largest absolute Gasteiger partial charge is 0.524 e. The molecule has 0 bridgehead atoms. The SMILES string of the molecule is CC(=O)OC1COC(Oc2c3c(c(-c4ccc5c(c4)OCO5)c4cc(OP(=O)(O)O)c(CO)cc24)C(=O)OC3)C(OC(C)=O)C1OC(C)=O. The third-order valence-corrected chi connectivity index (χ3v) is 8.11. The Balaban J connectivity index is 1.57. The van der Waals surface area contributed by atoms with Gasteiger partial charge in [0.1, 0.15) is 18.1 Å². The van der Waals surface area contributed by atoms with E-state index in [0.717, 1.165) is 20.8 Å². The van der Waals surface area contributed by atoms with Gasteiger partial charge in [0.25, 0.3) is 0 Å². The van der Waals surface area contributed by atoms with Crippen LogP contribution in [0.3, 0.4) is 0 Å². The molecule has 1 fully saturated rings. The molecule has 1 saturated heterocycles. The average Bonchev–Trinajstić information content (AvgIpc) is 3.64. The molecular weight excluding hydrogens is 675 g/mol. The highest BCUT2D eigenvalue weighted by Gasteiger charge is 2.49. The number of carbonyl (C=O) groups is 4. The molecule has 6 rings (SSSR count). The van der Waals surface area contributed by atoms with Gasteiger partial charge in [-0.1, -0.05) is 6.07 Å². The standard InChI is InChI=1S/C31H29O17P/c1-13(33)44-24-11-41-31(29(46-15(3)35)28(24)45-14(2)34)47-27-19-6-17(9-32)22(48-49(37,38)39)8-18(19)25(26-20(27)10-40-30(26)36)16-4-5-21-23(7-16)43-12-42-21/h4-8,24,28-29,31-32H,9-12H2,1-3H3,(H2,37,38,39). The highest BCUT2D eigenvalue weighted by Crippen LogP contribution is 2.50. The lowest BCUT2D eigenvalue weighted by Gasteiger charge is -2.40. The zero-order chi connectivity index (χ0) is 35.2. The summed E-state index contributed by atoms with van der Waals surface area (Å²) in [6.45, 7) is 1.87. The summed E-state index contributed by atoms with van der Waals surface area (Å²) in [5.74, 6) is -2.76. The molecule has 3 N–H and O–H groups in total. The molecule has 4 atom stereocenters. The summed E-state index contributed by atoms with van der Waals surface area (Å²) in [4.78, 5) is 68.9. The second kappa shape index (κ2) is 13.2. The van der Waals surface area contributed by atoms with Crippen LogP contribution in [0.1, 0.15) is 42.3 Å².